The number of thiazole rings is 1. The number of nitrogens with zero attached hydrogens (tertiary/aromatic N) is 1. The van der Waals surface area contributed by atoms with Crippen molar-refractivity contribution >= 4 is 29.1 Å². The lowest BCUT2D eigenvalue weighted by atomic mass is 9.93. The van der Waals surface area contributed by atoms with Crippen LogP contribution in [0.25, 0.3) is 0 Å². The van der Waals surface area contributed by atoms with E-state index in [0.717, 1.165) is 10.7 Å². The van der Waals surface area contributed by atoms with E-state index in [2.05, 4.69) is 55.6 Å². The van der Waals surface area contributed by atoms with Gasteiger partial charge in [0.25, 0.3) is 0 Å². The highest BCUT2D eigenvalue weighted by molar-refractivity contribution is 7.99. The van der Waals surface area contributed by atoms with Crippen LogP contribution in [0.2, 0.25) is 0 Å². The SMILES string of the molecule is CSC(C)(C)CNC(=O)NCc1nc(C(C)(C)C)cs1. The van der Waals surface area contributed by atoms with Crippen molar-refractivity contribution in [1.29, 1.82) is 0 Å². The zero-order valence-electron chi connectivity index (χ0n) is 13.2. The molecule has 2 amide bonds. The predicted molar refractivity (Wildman–Crippen MR) is 88.6 cm³/mol. The van der Waals surface area contributed by atoms with Crippen molar-refractivity contribution in [2.45, 2.75) is 51.3 Å². The number of urea groups is 1. The Kier molecular flexibility index (Phi) is 5.89. The highest BCUT2D eigenvalue weighted by Gasteiger charge is 2.18. The number of rotatable bonds is 5. The summed E-state index contributed by atoms with van der Waals surface area (Å²) < 4.78 is 0.0535. The zero-order valence-corrected chi connectivity index (χ0v) is 14.8. The zero-order chi connectivity index (χ0) is 15.4. The lowest BCUT2D eigenvalue weighted by Gasteiger charge is -2.22. The second kappa shape index (κ2) is 6.80. The molecular formula is C14H25N3OS2. The number of carbonyl (C=O) groups is 1. The van der Waals surface area contributed by atoms with E-state index in [-0.39, 0.29) is 16.2 Å². The van der Waals surface area contributed by atoms with Gasteiger partial charge in [0, 0.05) is 22.1 Å². The molecule has 0 aliphatic carbocycles. The van der Waals surface area contributed by atoms with Crippen molar-refractivity contribution in [2.75, 3.05) is 12.8 Å². The molecule has 1 aromatic rings. The molecule has 0 saturated heterocycles. The molecule has 0 radical (unpaired) electrons. The van der Waals surface area contributed by atoms with E-state index in [0.29, 0.717) is 13.1 Å². The number of nitrogens with one attached hydrogen (secondary N) is 2. The average molecular weight is 316 g/mol. The third-order valence-corrected chi connectivity index (χ3v) is 5.05. The molecule has 0 spiro atoms. The van der Waals surface area contributed by atoms with Crippen LogP contribution in [-0.4, -0.2) is 28.6 Å². The maximum absolute atomic E-state index is 11.7. The Balaban J connectivity index is 2.40. The first-order valence-electron chi connectivity index (χ1n) is 6.66. The van der Waals surface area contributed by atoms with Gasteiger partial charge in [-0.05, 0) is 20.1 Å². The van der Waals surface area contributed by atoms with Crippen molar-refractivity contribution in [3.8, 4) is 0 Å². The lowest BCUT2D eigenvalue weighted by molar-refractivity contribution is 0.239. The fourth-order valence-corrected chi connectivity index (χ4v) is 2.50. The van der Waals surface area contributed by atoms with Gasteiger partial charge in [-0.25, -0.2) is 9.78 Å². The van der Waals surface area contributed by atoms with Crippen molar-refractivity contribution in [3.05, 3.63) is 16.1 Å². The molecule has 2 N–H and O–H groups in total. The molecule has 6 heteroatoms. The third-order valence-electron chi connectivity index (χ3n) is 2.95. The molecular weight excluding hydrogens is 290 g/mol. The largest absolute Gasteiger partial charge is 0.337 e. The summed E-state index contributed by atoms with van der Waals surface area (Å²) in [6.07, 6.45) is 2.04. The minimum Gasteiger partial charge on any atom is -0.337 e. The second-order valence-electron chi connectivity index (χ2n) is 6.38. The van der Waals surface area contributed by atoms with Gasteiger partial charge in [-0.3, -0.25) is 0 Å². The molecule has 0 fully saturated rings. The minimum absolute atomic E-state index is 0.0535. The number of hydrogen-bond donors (Lipinski definition) is 2. The Bertz CT molecular complexity index is 450. The van der Waals surface area contributed by atoms with Crippen LogP contribution in [0, 0.1) is 0 Å². The summed E-state index contributed by atoms with van der Waals surface area (Å²) >= 11 is 3.33. The molecule has 0 aliphatic heterocycles. The van der Waals surface area contributed by atoms with E-state index in [9.17, 15) is 4.79 Å². The smallest absolute Gasteiger partial charge is 0.315 e. The van der Waals surface area contributed by atoms with E-state index < -0.39 is 0 Å². The van der Waals surface area contributed by atoms with Gasteiger partial charge >= 0.3 is 6.03 Å². The van der Waals surface area contributed by atoms with Crippen LogP contribution in [-0.2, 0) is 12.0 Å². The summed E-state index contributed by atoms with van der Waals surface area (Å²) in [4.78, 5) is 16.3. The summed E-state index contributed by atoms with van der Waals surface area (Å²) in [6.45, 7) is 11.7. The van der Waals surface area contributed by atoms with E-state index >= 15 is 0 Å². The van der Waals surface area contributed by atoms with Crippen LogP contribution in [0.3, 0.4) is 0 Å². The van der Waals surface area contributed by atoms with Gasteiger partial charge in [-0.2, -0.15) is 11.8 Å². The first-order chi connectivity index (χ1) is 9.14. The Morgan fingerprint density at radius 3 is 2.45 bits per heavy atom. The molecule has 0 unspecified atom stereocenters. The van der Waals surface area contributed by atoms with Crippen LogP contribution in [0.4, 0.5) is 4.79 Å². The van der Waals surface area contributed by atoms with Crippen LogP contribution in [0.15, 0.2) is 5.38 Å². The van der Waals surface area contributed by atoms with Gasteiger partial charge in [0.05, 0.1) is 12.2 Å². The van der Waals surface area contributed by atoms with Gasteiger partial charge in [-0.15, -0.1) is 11.3 Å². The summed E-state index contributed by atoms with van der Waals surface area (Å²) in [5.41, 5.74) is 1.13. The third kappa shape index (κ3) is 5.71. The van der Waals surface area contributed by atoms with Gasteiger partial charge < -0.3 is 10.6 Å². The predicted octanol–water partition coefficient (Wildman–Crippen LogP) is 3.38. The van der Waals surface area contributed by atoms with Gasteiger partial charge in [0.15, 0.2) is 0 Å². The van der Waals surface area contributed by atoms with Crippen molar-refractivity contribution in [1.82, 2.24) is 15.6 Å². The first kappa shape index (κ1) is 17.3. The van der Waals surface area contributed by atoms with E-state index in [1.807, 2.05) is 6.26 Å². The normalized spacial score (nSPS) is 12.3. The second-order valence-corrected chi connectivity index (χ2v) is 8.83. The topological polar surface area (TPSA) is 54.0 Å². The Hall–Kier alpha value is -0.750. The molecule has 0 saturated carbocycles. The van der Waals surface area contributed by atoms with Crippen molar-refractivity contribution < 1.29 is 4.79 Å². The Morgan fingerprint density at radius 1 is 1.30 bits per heavy atom. The highest BCUT2D eigenvalue weighted by Crippen LogP contribution is 2.23. The molecule has 0 atom stereocenters. The van der Waals surface area contributed by atoms with Crippen molar-refractivity contribution in [3.63, 3.8) is 0 Å². The van der Waals surface area contributed by atoms with Gasteiger partial charge in [-0.1, -0.05) is 20.8 Å². The Morgan fingerprint density at radius 2 is 1.95 bits per heavy atom. The summed E-state index contributed by atoms with van der Waals surface area (Å²) in [6, 6.07) is -0.139. The molecule has 0 aliphatic rings. The molecule has 1 aromatic heterocycles. The molecule has 4 nitrogen and oxygen atoms in total. The van der Waals surface area contributed by atoms with E-state index in [1.54, 1.807) is 23.1 Å². The fourth-order valence-electron chi connectivity index (χ4n) is 1.32. The summed E-state index contributed by atoms with van der Waals surface area (Å²) in [5, 5.41) is 8.74. The molecule has 0 bridgehead atoms. The number of hydrogen-bond acceptors (Lipinski definition) is 4. The Labute approximate surface area is 130 Å². The van der Waals surface area contributed by atoms with E-state index in [4.69, 9.17) is 0 Å². The van der Waals surface area contributed by atoms with Gasteiger partial charge in [0.1, 0.15) is 5.01 Å². The molecule has 20 heavy (non-hydrogen) atoms. The quantitative estimate of drug-likeness (QED) is 0.876. The highest BCUT2D eigenvalue weighted by atomic mass is 32.2. The summed E-state index contributed by atoms with van der Waals surface area (Å²) in [5.74, 6) is 0. The van der Waals surface area contributed by atoms with Crippen LogP contribution in [0.1, 0.15) is 45.3 Å². The number of thioether (sulfide) groups is 1. The average Bonchev–Trinajstić information content (AvgIpc) is 2.82. The monoisotopic (exact) mass is 315 g/mol. The van der Waals surface area contributed by atoms with Crippen molar-refractivity contribution in [2.24, 2.45) is 0 Å². The number of aromatic nitrogens is 1. The van der Waals surface area contributed by atoms with Gasteiger partial charge in [0.2, 0.25) is 0 Å². The standard InChI is InChI=1S/C14H25N3OS2/c1-13(2,3)10-8-20-11(17-10)7-15-12(18)16-9-14(4,5)19-6/h8H,7,9H2,1-6H3,(H2,15,16,18). The minimum atomic E-state index is -0.139. The van der Waals surface area contributed by atoms with E-state index in [1.165, 1.54) is 0 Å². The van der Waals surface area contributed by atoms with Crippen LogP contribution >= 0.6 is 23.1 Å². The number of carbonyl (C=O) groups excluding carboxylic acids is 1. The number of amides is 2. The molecule has 1 rings (SSSR count). The maximum atomic E-state index is 11.7. The lowest BCUT2D eigenvalue weighted by Crippen LogP contribution is -2.41. The molecule has 0 aromatic carbocycles. The molecule has 114 valence electrons. The summed E-state index contributed by atoms with van der Waals surface area (Å²) in [7, 11) is 0. The molecule has 1 heterocycles. The van der Waals surface area contributed by atoms with Crippen LogP contribution < -0.4 is 10.6 Å². The first-order valence-corrected chi connectivity index (χ1v) is 8.76. The maximum Gasteiger partial charge on any atom is 0.315 e. The van der Waals surface area contributed by atoms with Crippen LogP contribution in [0.5, 0.6) is 0 Å². The fraction of sp³-hybridized carbons (Fsp3) is 0.714.